The lowest BCUT2D eigenvalue weighted by Crippen LogP contribution is -2.11. The Kier molecular flexibility index (Phi) is 8.62. The molecule has 0 radical (unpaired) electrons. The molecule has 1 heterocycles. The van der Waals surface area contributed by atoms with Crippen LogP contribution in [0.4, 0.5) is 0 Å². The van der Waals surface area contributed by atoms with Crippen LogP contribution in [0.2, 0.25) is 0 Å². The van der Waals surface area contributed by atoms with Crippen LogP contribution in [-0.4, -0.2) is 39.0 Å². The fourth-order valence-corrected chi connectivity index (χ4v) is 3.59. The number of hydrogen-bond donors (Lipinski definition) is 0. The number of carbonyl (C=O) groups is 1. The maximum atomic E-state index is 12.8. The Morgan fingerprint density at radius 3 is 2.12 bits per heavy atom. The van der Waals surface area contributed by atoms with Gasteiger partial charge >= 0.3 is 5.97 Å². The topological polar surface area (TPSA) is 68.2 Å². The fraction of sp³-hybridized carbons (Fsp3) is 0.296. The van der Waals surface area contributed by atoms with Crippen LogP contribution in [0, 0.1) is 0 Å². The molecule has 2 aromatic carbocycles. The van der Waals surface area contributed by atoms with E-state index in [-0.39, 0.29) is 0 Å². The van der Waals surface area contributed by atoms with Crippen LogP contribution in [0.1, 0.15) is 29.4 Å². The zero-order valence-corrected chi connectivity index (χ0v) is 20.3. The van der Waals surface area contributed by atoms with Crippen molar-refractivity contribution in [2.45, 2.75) is 26.3 Å². The molecule has 7 nitrogen and oxygen atoms in total. The van der Waals surface area contributed by atoms with E-state index in [1.54, 1.807) is 34.5 Å². The maximum Gasteiger partial charge on any atom is 0.359 e. The first kappa shape index (κ1) is 24.8. The molecule has 3 rings (SSSR count). The highest BCUT2D eigenvalue weighted by atomic mass is 16.5. The van der Waals surface area contributed by atoms with Crippen LogP contribution in [0.15, 0.2) is 61.0 Å². The lowest BCUT2D eigenvalue weighted by molar-refractivity contribution is 0.0650. The molecule has 0 fully saturated rings. The molecule has 34 heavy (non-hydrogen) atoms. The highest BCUT2D eigenvalue weighted by Crippen LogP contribution is 2.33. The predicted molar refractivity (Wildman–Crippen MR) is 131 cm³/mol. The molecular formula is C27H31NO6. The van der Waals surface area contributed by atoms with Gasteiger partial charge in [0.25, 0.3) is 0 Å². The third-order valence-corrected chi connectivity index (χ3v) is 5.42. The Balaban J connectivity index is 1.92. The number of esters is 1. The minimum atomic E-state index is -0.413. The monoisotopic (exact) mass is 465 g/mol. The van der Waals surface area contributed by atoms with Gasteiger partial charge in [-0.05, 0) is 60.4 Å². The predicted octanol–water partition coefficient (Wildman–Crippen LogP) is 5.51. The van der Waals surface area contributed by atoms with Crippen LogP contribution in [-0.2, 0) is 17.7 Å². The number of aromatic nitrogens is 1. The van der Waals surface area contributed by atoms with Gasteiger partial charge in [-0.3, -0.25) is 0 Å². The summed E-state index contributed by atoms with van der Waals surface area (Å²) in [6, 6.07) is 13.3. The molecule has 0 amide bonds. The van der Waals surface area contributed by atoms with Gasteiger partial charge in [-0.2, -0.15) is 0 Å². The van der Waals surface area contributed by atoms with Crippen LogP contribution in [0.5, 0.6) is 23.0 Å². The minimum absolute atomic E-state index is 0.413. The summed E-state index contributed by atoms with van der Waals surface area (Å²) in [5.74, 6) is 2.19. The Morgan fingerprint density at radius 2 is 1.47 bits per heavy atom. The third kappa shape index (κ3) is 5.73. The molecular weight excluding hydrogens is 434 g/mol. The minimum Gasteiger partial charge on any atom is -0.493 e. The van der Waals surface area contributed by atoms with Gasteiger partial charge < -0.3 is 28.3 Å². The summed E-state index contributed by atoms with van der Waals surface area (Å²) in [4.78, 5) is 12.8. The molecule has 0 unspecified atom stereocenters. The number of ether oxygens (including phenoxy) is 5. The number of carbonyl (C=O) groups excluding carboxylic acids is 1. The quantitative estimate of drug-likeness (QED) is 0.275. The second-order valence-electron chi connectivity index (χ2n) is 7.50. The van der Waals surface area contributed by atoms with E-state index < -0.39 is 5.97 Å². The summed E-state index contributed by atoms with van der Waals surface area (Å²) in [6.45, 7) is 2.55. The maximum absolute atomic E-state index is 12.8. The standard InChI is InChI=1S/C27H31NO6/c1-6-7-14-34-27(29)22-16-21(20-9-11-24(31-3)26(17-20)33-5)18-28(22)13-12-19-8-10-23(30-2)25(15-19)32-4/h7-11,14-18H,6,12-13H2,1-5H3/b14-7+. The van der Waals surface area contributed by atoms with Gasteiger partial charge in [0.05, 0.1) is 34.7 Å². The highest BCUT2D eigenvalue weighted by Gasteiger charge is 2.17. The van der Waals surface area contributed by atoms with E-state index in [9.17, 15) is 4.79 Å². The molecule has 3 aromatic rings. The van der Waals surface area contributed by atoms with E-state index in [4.69, 9.17) is 23.7 Å². The number of nitrogens with zero attached hydrogens (tertiary/aromatic N) is 1. The van der Waals surface area contributed by atoms with Gasteiger partial charge in [-0.15, -0.1) is 0 Å². The molecule has 0 aliphatic carbocycles. The lowest BCUT2D eigenvalue weighted by Gasteiger charge is -2.11. The van der Waals surface area contributed by atoms with Crippen molar-refractivity contribution < 1.29 is 28.5 Å². The second kappa shape index (κ2) is 11.8. The number of hydrogen-bond acceptors (Lipinski definition) is 6. The smallest absolute Gasteiger partial charge is 0.359 e. The second-order valence-corrected chi connectivity index (χ2v) is 7.50. The number of rotatable bonds is 11. The van der Waals surface area contributed by atoms with Crippen molar-refractivity contribution in [3.8, 4) is 34.1 Å². The molecule has 0 aliphatic rings. The van der Waals surface area contributed by atoms with Gasteiger partial charge in [0.2, 0.25) is 0 Å². The number of allylic oxidation sites excluding steroid dienone is 1. The first-order valence-electron chi connectivity index (χ1n) is 11.0. The van der Waals surface area contributed by atoms with Crippen LogP contribution in [0.25, 0.3) is 11.1 Å². The van der Waals surface area contributed by atoms with Crippen molar-refractivity contribution in [1.82, 2.24) is 4.57 Å². The average Bonchev–Trinajstić information content (AvgIpc) is 3.31. The Labute approximate surface area is 200 Å². The van der Waals surface area contributed by atoms with Crippen LogP contribution in [0.3, 0.4) is 0 Å². The van der Waals surface area contributed by atoms with Crippen LogP contribution >= 0.6 is 0 Å². The van der Waals surface area contributed by atoms with Gasteiger partial charge in [-0.25, -0.2) is 4.79 Å². The van der Waals surface area contributed by atoms with Crippen molar-refractivity contribution in [2.24, 2.45) is 0 Å². The van der Waals surface area contributed by atoms with Gasteiger partial charge in [0.15, 0.2) is 23.0 Å². The first-order chi connectivity index (χ1) is 16.5. The van der Waals surface area contributed by atoms with E-state index in [0.29, 0.717) is 41.7 Å². The molecule has 0 saturated carbocycles. The largest absolute Gasteiger partial charge is 0.493 e. The molecule has 0 bridgehead atoms. The molecule has 0 spiro atoms. The Hall–Kier alpha value is -3.87. The van der Waals surface area contributed by atoms with Gasteiger partial charge in [0.1, 0.15) is 5.69 Å². The lowest BCUT2D eigenvalue weighted by atomic mass is 10.1. The summed E-state index contributed by atoms with van der Waals surface area (Å²) in [5, 5.41) is 0. The van der Waals surface area contributed by atoms with Crippen molar-refractivity contribution in [3.63, 3.8) is 0 Å². The molecule has 0 aliphatic heterocycles. The van der Waals surface area contributed by atoms with Crippen molar-refractivity contribution in [1.29, 1.82) is 0 Å². The molecule has 0 N–H and O–H groups in total. The summed E-state index contributed by atoms with van der Waals surface area (Å²) in [7, 11) is 6.41. The normalized spacial score (nSPS) is 10.9. The summed E-state index contributed by atoms with van der Waals surface area (Å²) in [5.41, 5.74) is 3.30. The van der Waals surface area contributed by atoms with Crippen molar-refractivity contribution in [3.05, 3.63) is 72.3 Å². The van der Waals surface area contributed by atoms with Crippen molar-refractivity contribution >= 4 is 5.97 Å². The number of aryl methyl sites for hydroxylation is 2. The SMILES string of the molecule is CC/C=C/OC(=O)c1cc(-c2ccc(OC)c(OC)c2)cn1CCc1ccc(OC)c(OC)c1. The molecule has 0 saturated heterocycles. The van der Waals surface area contributed by atoms with E-state index in [1.165, 1.54) is 6.26 Å². The zero-order chi connectivity index (χ0) is 24.5. The van der Waals surface area contributed by atoms with E-state index in [2.05, 4.69) is 0 Å². The Bertz CT molecular complexity index is 1150. The van der Waals surface area contributed by atoms with Crippen LogP contribution < -0.4 is 18.9 Å². The molecule has 7 heteroatoms. The Morgan fingerprint density at radius 1 is 0.824 bits per heavy atom. The van der Waals surface area contributed by atoms with E-state index in [0.717, 1.165) is 23.1 Å². The molecule has 180 valence electrons. The fourth-order valence-electron chi connectivity index (χ4n) is 3.59. The highest BCUT2D eigenvalue weighted by molar-refractivity contribution is 5.90. The zero-order valence-electron chi connectivity index (χ0n) is 20.3. The first-order valence-corrected chi connectivity index (χ1v) is 11.0. The summed E-state index contributed by atoms with van der Waals surface area (Å²) >= 11 is 0. The summed E-state index contributed by atoms with van der Waals surface area (Å²) < 4.78 is 28.8. The third-order valence-electron chi connectivity index (χ3n) is 5.42. The van der Waals surface area contributed by atoms with Crippen molar-refractivity contribution in [2.75, 3.05) is 28.4 Å². The average molecular weight is 466 g/mol. The molecule has 1 aromatic heterocycles. The molecule has 0 atom stereocenters. The van der Waals surface area contributed by atoms with Gasteiger partial charge in [-0.1, -0.05) is 19.1 Å². The summed E-state index contributed by atoms with van der Waals surface area (Å²) in [6.07, 6.45) is 6.65. The van der Waals surface area contributed by atoms with Gasteiger partial charge in [0, 0.05) is 18.3 Å². The van der Waals surface area contributed by atoms with E-state index in [1.807, 2.05) is 60.2 Å². The number of methoxy groups -OCH3 is 4. The van der Waals surface area contributed by atoms with E-state index >= 15 is 0 Å². The number of benzene rings is 2.